The molecule has 0 radical (unpaired) electrons. The highest BCUT2D eigenvalue weighted by molar-refractivity contribution is 7.88. The van der Waals surface area contributed by atoms with Gasteiger partial charge < -0.3 is 10.6 Å². The van der Waals surface area contributed by atoms with Gasteiger partial charge in [-0.2, -0.15) is 0 Å². The number of urea groups is 1. The predicted octanol–water partition coefficient (Wildman–Crippen LogP) is 0.874. The van der Waals surface area contributed by atoms with Gasteiger partial charge in [-0.3, -0.25) is 0 Å². The summed E-state index contributed by atoms with van der Waals surface area (Å²) in [7, 11) is -3.30. The fraction of sp³-hybridized carbons (Fsp3) is 0.417. The van der Waals surface area contributed by atoms with Crippen molar-refractivity contribution in [2.75, 3.05) is 19.3 Å². The molecule has 21 heavy (non-hydrogen) atoms. The van der Waals surface area contributed by atoms with Crippen molar-refractivity contribution in [3.8, 4) is 0 Å². The van der Waals surface area contributed by atoms with Crippen LogP contribution in [0.2, 0.25) is 0 Å². The van der Waals surface area contributed by atoms with E-state index < -0.39 is 33.7 Å². The lowest BCUT2D eigenvalue weighted by Gasteiger charge is -2.15. The average molecular weight is 321 g/mol. The Labute approximate surface area is 122 Å². The molecule has 1 atom stereocenters. The van der Waals surface area contributed by atoms with Crippen LogP contribution in [0.5, 0.6) is 0 Å². The molecule has 9 heteroatoms. The van der Waals surface area contributed by atoms with Gasteiger partial charge in [-0.1, -0.05) is 6.07 Å². The van der Waals surface area contributed by atoms with Crippen LogP contribution in [0.3, 0.4) is 0 Å². The van der Waals surface area contributed by atoms with Gasteiger partial charge in [0.1, 0.15) is 0 Å². The number of halogens is 2. The quantitative estimate of drug-likeness (QED) is 0.680. The Balaban J connectivity index is 2.41. The zero-order chi connectivity index (χ0) is 16.0. The smallest absolute Gasteiger partial charge is 0.315 e. The molecular formula is C12H17F2N3O3S. The molecule has 0 aliphatic heterocycles. The highest BCUT2D eigenvalue weighted by atomic mass is 32.2. The minimum atomic E-state index is -3.30. The zero-order valence-corrected chi connectivity index (χ0v) is 12.4. The molecule has 1 aromatic rings. The Bertz CT molecular complexity index is 608. The monoisotopic (exact) mass is 321 g/mol. The number of carbonyl (C=O) groups is 1. The van der Waals surface area contributed by atoms with E-state index in [0.717, 1.165) is 18.4 Å². The first-order valence-electron chi connectivity index (χ1n) is 6.13. The van der Waals surface area contributed by atoms with Crippen molar-refractivity contribution in [2.45, 2.75) is 13.0 Å². The molecule has 1 aromatic carbocycles. The molecule has 6 nitrogen and oxygen atoms in total. The molecule has 1 rings (SSSR count). The lowest BCUT2D eigenvalue weighted by Crippen LogP contribution is -2.41. The fourth-order valence-corrected chi connectivity index (χ4v) is 2.00. The van der Waals surface area contributed by atoms with Crippen molar-refractivity contribution in [3.63, 3.8) is 0 Å². The van der Waals surface area contributed by atoms with Crippen LogP contribution < -0.4 is 15.4 Å². The summed E-state index contributed by atoms with van der Waals surface area (Å²) in [6, 6.07) is 2.29. The largest absolute Gasteiger partial charge is 0.337 e. The van der Waals surface area contributed by atoms with E-state index >= 15 is 0 Å². The SMILES string of the molecule is C[C@@H](NC(=O)NCCNS(C)(=O)=O)c1ccc(F)c(F)c1. The Kier molecular flexibility index (Phi) is 6.03. The lowest BCUT2D eigenvalue weighted by molar-refractivity contribution is 0.238. The van der Waals surface area contributed by atoms with Crippen LogP contribution in [-0.2, 0) is 10.0 Å². The topological polar surface area (TPSA) is 87.3 Å². The zero-order valence-electron chi connectivity index (χ0n) is 11.6. The molecule has 118 valence electrons. The molecule has 0 aliphatic rings. The molecule has 0 aliphatic carbocycles. The maximum Gasteiger partial charge on any atom is 0.315 e. The molecule has 0 bridgehead atoms. The maximum atomic E-state index is 13.1. The fourth-order valence-electron chi connectivity index (χ4n) is 1.53. The van der Waals surface area contributed by atoms with E-state index in [1.54, 1.807) is 6.92 Å². The van der Waals surface area contributed by atoms with Crippen molar-refractivity contribution in [3.05, 3.63) is 35.4 Å². The van der Waals surface area contributed by atoms with E-state index in [-0.39, 0.29) is 13.1 Å². The van der Waals surface area contributed by atoms with Crippen molar-refractivity contribution in [2.24, 2.45) is 0 Å². The van der Waals surface area contributed by atoms with E-state index in [1.165, 1.54) is 6.07 Å². The predicted molar refractivity (Wildman–Crippen MR) is 74.2 cm³/mol. The molecule has 0 spiro atoms. The van der Waals surface area contributed by atoms with E-state index in [1.807, 2.05) is 0 Å². The molecule has 3 N–H and O–H groups in total. The van der Waals surface area contributed by atoms with Gasteiger partial charge in [0.05, 0.1) is 12.3 Å². The molecule has 0 heterocycles. The highest BCUT2D eigenvalue weighted by Crippen LogP contribution is 2.15. The Morgan fingerprint density at radius 3 is 2.48 bits per heavy atom. The van der Waals surface area contributed by atoms with Crippen molar-refractivity contribution in [1.82, 2.24) is 15.4 Å². The average Bonchev–Trinajstić information content (AvgIpc) is 2.36. The van der Waals surface area contributed by atoms with Gasteiger partial charge in [0.2, 0.25) is 10.0 Å². The number of hydrogen-bond donors (Lipinski definition) is 3. The molecule has 0 fully saturated rings. The minimum absolute atomic E-state index is 0.0613. The first-order chi connectivity index (χ1) is 9.69. The van der Waals surface area contributed by atoms with Crippen LogP contribution in [0, 0.1) is 11.6 Å². The van der Waals surface area contributed by atoms with Crippen molar-refractivity contribution >= 4 is 16.1 Å². The maximum absolute atomic E-state index is 13.1. The molecule has 0 saturated carbocycles. The van der Waals surface area contributed by atoms with Gasteiger partial charge >= 0.3 is 6.03 Å². The third kappa shape index (κ3) is 6.50. The van der Waals surface area contributed by atoms with Crippen LogP contribution >= 0.6 is 0 Å². The number of benzene rings is 1. The summed E-state index contributed by atoms with van der Waals surface area (Å²) in [6.45, 7) is 1.77. The molecule has 2 amide bonds. The molecule has 0 saturated heterocycles. The van der Waals surface area contributed by atoms with E-state index in [2.05, 4.69) is 15.4 Å². The number of sulfonamides is 1. The van der Waals surface area contributed by atoms with Crippen LogP contribution in [0.25, 0.3) is 0 Å². The molecule has 0 unspecified atom stereocenters. The summed E-state index contributed by atoms with van der Waals surface area (Å²) >= 11 is 0. The summed E-state index contributed by atoms with van der Waals surface area (Å²) in [5.74, 6) is -1.94. The molecular weight excluding hydrogens is 304 g/mol. The standard InChI is InChI=1S/C12H17F2N3O3S/c1-8(9-3-4-10(13)11(14)7-9)17-12(18)15-5-6-16-21(2,19)20/h3-4,7-8,16H,5-6H2,1-2H3,(H2,15,17,18)/t8-/m1/s1. The summed E-state index contributed by atoms with van der Waals surface area (Å²) in [5, 5.41) is 4.96. The Morgan fingerprint density at radius 1 is 1.24 bits per heavy atom. The normalized spacial score (nSPS) is 12.8. The van der Waals surface area contributed by atoms with E-state index in [4.69, 9.17) is 0 Å². The number of carbonyl (C=O) groups excluding carboxylic acids is 1. The lowest BCUT2D eigenvalue weighted by atomic mass is 10.1. The van der Waals surface area contributed by atoms with E-state index in [0.29, 0.717) is 5.56 Å². The summed E-state index contributed by atoms with van der Waals surface area (Å²) < 4.78 is 49.7. The Morgan fingerprint density at radius 2 is 1.90 bits per heavy atom. The second kappa shape index (κ2) is 7.32. The van der Waals surface area contributed by atoms with Gasteiger partial charge in [-0.25, -0.2) is 26.7 Å². The number of nitrogens with one attached hydrogen (secondary N) is 3. The second-order valence-corrected chi connectivity index (χ2v) is 6.29. The van der Waals surface area contributed by atoms with Gasteiger partial charge in [0.15, 0.2) is 11.6 Å². The van der Waals surface area contributed by atoms with Gasteiger partial charge in [-0.05, 0) is 24.6 Å². The third-order valence-electron chi connectivity index (χ3n) is 2.57. The Hall–Kier alpha value is -1.74. The van der Waals surface area contributed by atoms with Crippen molar-refractivity contribution in [1.29, 1.82) is 0 Å². The number of hydrogen-bond acceptors (Lipinski definition) is 3. The van der Waals surface area contributed by atoms with Crippen LogP contribution in [0.4, 0.5) is 13.6 Å². The minimum Gasteiger partial charge on any atom is -0.337 e. The van der Waals surface area contributed by atoms with Crippen LogP contribution in [0.15, 0.2) is 18.2 Å². The highest BCUT2D eigenvalue weighted by Gasteiger charge is 2.11. The first-order valence-corrected chi connectivity index (χ1v) is 8.02. The second-order valence-electron chi connectivity index (χ2n) is 4.46. The third-order valence-corrected chi connectivity index (χ3v) is 3.29. The van der Waals surface area contributed by atoms with E-state index in [9.17, 15) is 22.0 Å². The first kappa shape index (κ1) is 17.3. The summed E-state index contributed by atoms with van der Waals surface area (Å²) in [5.41, 5.74) is 0.415. The van der Waals surface area contributed by atoms with Crippen molar-refractivity contribution < 1.29 is 22.0 Å². The van der Waals surface area contributed by atoms with Gasteiger partial charge in [0, 0.05) is 13.1 Å². The van der Waals surface area contributed by atoms with Gasteiger partial charge in [0.25, 0.3) is 0 Å². The summed E-state index contributed by atoms with van der Waals surface area (Å²) in [6.07, 6.45) is 1.01. The van der Waals surface area contributed by atoms with Crippen LogP contribution in [-0.4, -0.2) is 33.8 Å². The molecule has 0 aromatic heterocycles. The van der Waals surface area contributed by atoms with Crippen LogP contribution in [0.1, 0.15) is 18.5 Å². The summed E-state index contributed by atoms with van der Waals surface area (Å²) in [4.78, 5) is 11.5. The number of amides is 2. The number of rotatable bonds is 6. The van der Waals surface area contributed by atoms with Gasteiger partial charge in [-0.15, -0.1) is 0 Å².